The van der Waals surface area contributed by atoms with Crippen LogP contribution in [0.3, 0.4) is 0 Å². The van der Waals surface area contributed by atoms with E-state index in [0.29, 0.717) is 13.1 Å². The van der Waals surface area contributed by atoms with E-state index in [1.807, 2.05) is 41.3 Å². The van der Waals surface area contributed by atoms with Gasteiger partial charge in [0.25, 0.3) is 0 Å². The molecule has 1 heterocycles. The standard InChI is InChI=1S/C20H23ClN2O3/c21-16-4-2-1-3-15(16)12-22-7-9-23(10-8-22)19(24)17-13-5-6-14(11-13)18(17)20(25)26/h1-6,13-14,17-18H,7-12H2,(H,25,26)/t13-,14+,17+,18+/m1/s1. The summed E-state index contributed by atoms with van der Waals surface area (Å²) < 4.78 is 0. The molecule has 0 spiro atoms. The molecule has 1 aromatic rings. The number of piperazine rings is 1. The molecule has 1 aliphatic heterocycles. The summed E-state index contributed by atoms with van der Waals surface area (Å²) in [5, 5.41) is 12.3. The van der Waals surface area contributed by atoms with Crippen LogP contribution in [0, 0.1) is 23.7 Å². The highest BCUT2D eigenvalue weighted by atomic mass is 35.5. The minimum atomic E-state index is -1.08. The topological polar surface area (TPSA) is 64.9 Å². The van der Waals surface area contributed by atoms with Crippen LogP contribution in [0.15, 0.2) is 36.4 Å². The molecule has 1 saturated heterocycles. The molecule has 4 atom stereocenters. The molecule has 0 radical (unpaired) electrons. The SMILES string of the molecule is O=C([O-])[C@@H]1[C@@H](C(=O)N2CC[NH+](Cc3ccccc3Cl)CC2)[C@@H]2C=C[C@H]1C2. The van der Waals surface area contributed by atoms with Crippen LogP contribution in [0.25, 0.3) is 0 Å². The van der Waals surface area contributed by atoms with Gasteiger partial charge in [0.15, 0.2) is 0 Å². The molecule has 3 aliphatic rings. The van der Waals surface area contributed by atoms with Gasteiger partial charge in [0.2, 0.25) is 5.91 Å². The number of aliphatic carboxylic acids is 1. The fourth-order valence-electron chi connectivity index (χ4n) is 4.82. The molecule has 1 aromatic carbocycles. The highest BCUT2D eigenvalue weighted by Crippen LogP contribution is 2.48. The molecule has 1 amide bonds. The third-order valence-electron chi connectivity index (χ3n) is 6.20. The lowest BCUT2D eigenvalue weighted by Crippen LogP contribution is -3.13. The van der Waals surface area contributed by atoms with Gasteiger partial charge in [-0.05, 0) is 24.3 Å². The summed E-state index contributed by atoms with van der Waals surface area (Å²) in [5.74, 6) is -2.17. The fraction of sp³-hybridized carbons (Fsp3) is 0.500. The zero-order valence-corrected chi connectivity index (χ0v) is 15.3. The van der Waals surface area contributed by atoms with Crippen LogP contribution in [0.5, 0.6) is 0 Å². The maximum absolute atomic E-state index is 13.0. The van der Waals surface area contributed by atoms with Crippen LogP contribution in [0.4, 0.5) is 0 Å². The predicted molar refractivity (Wildman–Crippen MR) is 95.2 cm³/mol. The van der Waals surface area contributed by atoms with Crippen molar-refractivity contribution >= 4 is 23.5 Å². The average molecular weight is 375 g/mol. The van der Waals surface area contributed by atoms with E-state index in [1.165, 1.54) is 4.90 Å². The molecule has 4 rings (SSSR count). The minimum Gasteiger partial charge on any atom is -0.550 e. The summed E-state index contributed by atoms with van der Waals surface area (Å²) in [5.41, 5.74) is 1.12. The molecule has 2 fully saturated rings. The Morgan fingerprint density at radius 1 is 1.12 bits per heavy atom. The van der Waals surface area contributed by atoms with Gasteiger partial charge >= 0.3 is 0 Å². The number of hydrogen-bond acceptors (Lipinski definition) is 3. The molecule has 1 saturated carbocycles. The van der Waals surface area contributed by atoms with Crippen molar-refractivity contribution in [1.29, 1.82) is 0 Å². The van der Waals surface area contributed by atoms with Crippen LogP contribution in [-0.2, 0) is 16.1 Å². The Kier molecular flexibility index (Phi) is 4.76. The van der Waals surface area contributed by atoms with Gasteiger partial charge in [-0.3, -0.25) is 4.79 Å². The molecule has 5 nitrogen and oxygen atoms in total. The number of allylic oxidation sites excluding steroid dienone is 2. The lowest BCUT2D eigenvalue weighted by Gasteiger charge is -2.37. The van der Waals surface area contributed by atoms with Crippen LogP contribution in [-0.4, -0.2) is 43.0 Å². The number of halogens is 1. The molecule has 6 heteroatoms. The molecular weight excluding hydrogens is 352 g/mol. The third-order valence-corrected chi connectivity index (χ3v) is 6.57. The minimum absolute atomic E-state index is 0.00663. The molecule has 26 heavy (non-hydrogen) atoms. The molecule has 138 valence electrons. The van der Waals surface area contributed by atoms with Crippen molar-refractivity contribution in [3.63, 3.8) is 0 Å². The second kappa shape index (κ2) is 7.05. The van der Waals surface area contributed by atoms with Crippen LogP contribution in [0.2, 0.25) is 5.02 Å². The van der Waals surface area contributed by atoms with Crippen molar-refractivity contribution in [2.75, 3.05) is 26.2 Å². The number of quaternary nitrogens is 1. The number of carboxylic acids is 1. The van der Waals surface area contributed by atoms with Crippen molar-refractivity contribution < 1.29 is 19.6 Å². The first kappa shape index (κ1) is 17.6. The van der Waals surface area contributed by atoms with E-state index in [2.05, 4.69) is 0 Å². The zero-order valence-electron chi connectivity index (χ0n) is 14.6. The van der Waals surface area contributed by atoms with E-state index in [9.17, 15) is 14.7 Å². The lowest BCUT2D eigenvalue weighted by atomic mass is 9.82. The largest absolute Gasteiger partial charge is 0.550 e. The highest BCUT2D eigenvalue weighted by Gasteiger charge is 2.50. The molecule has 1 N–H and O–H groups in total. The van der Waals surface area contributed by atoms with Crippen molar-refractivity contribution in [3.05, 3.63) is 47.0 Å². The Labute approximate surface area is 158 Å². The fourth-order valence-corrected chi connectivity index (χ4v) is 5.02. The molecule has 2 bridgehead atoms. The molecule has 0 unspecified atom stereocenters. The second-order valence-electron chi connectivity index (χ2n) is 7.66. The summed E-state index contributed by atoms with van der Waals surface area (Å²) in [6, 6.07) is 7.86. The molecular formula is C20H23ClN2O3. The first-order valence-electron chi connectivity index (χ1n) is 9.29. The van der Waals surface area contributed by atoms with Crippen LogP contribution < -0.4 is 10.0 Å². The van der Waals surface area contributed by atoms with E-state index in [0.717, 1.165) is 36.6 Å². The van der Waals surface area contributed by atoms with Crippen molar-refractivity contribution in [1.82, 2.24) is 4.90 Å². The summed E-state index contributed by atoms with van der Waals surface area (Å²) in [4.78, 5) is 27.8. The van der Waals surface area contributed by atoms with E-state index in [1.54, 1.807) is 0 Å². The maximum atomic E-state index is 13.0. The monoisotopic (exact) mass is 374 g/mol. The number of carboxylic acid groups (broad SMARTS) is 1. The Hall–Kier alpha value is -1.85. The van der Waals surface area contributed by atoms with Crippen molar-refractivity contribution in [3.8, 4) is 0 Å². The maximum Gasteiger partial charge on any atom is 0.227 e. The number of nitrogens with one attached hydrogen (secondary N) is 1. The van der Waals surface area contributed by atoms with Crippen LogP contribution in [0.1, 0.15) is 12.0 Å². The normalized spacial score (nSPS) is 30.7. The van der Waals surface area contributed by atoms with Gasteiger partial charge in [-0.1, -0.05) is 42.0 Å². The summed E-state index contributed by atoms with van der Waals surface area (Å²) in [7, 11) is 0. The highest BCUT2D eigenvalue weighted by molar-refractivity contribution is 6.31. The number of carbonyl (C=O) groups is 2. The molecule has 2 aliphatic carbocycles. The van der Waals surface area contributed by atoms with Crippen LogP contribution >= 0.6 is 11.6 Å². The number of fused-ring (bicyclic) bond motifs is 2. The first-order chi connectivity index (χ1) is 12.5. The van der Waals surface area contributed by atoms with E-state index in [4.69, 9.17) is 11.6 Å². The second-order valence-corrected chi connectivity index (χ2v) is 8.07. The summed E-state index contributed by atoms with van der Waals surface area (Å²) in [6.07, 6.45) is 4.74. The van der Waals surface area contributed by atoms with Gasteiger partial charge < -0.3 is 19.7 Å². The third kappa shape index (κ3) is 3.14. The number of nitrogens with zero attached hydrogens (tertiary/aromatic N) is 1. The Morgan fingerprint density at radius 2 is 1.77 bits per heavy atom. The van der Waals surface area contributed by atoms with E-state index < -0.39 is 17.8 Å². The number of amides is 1. The first-order valence-corrected chi connectivity index (χ1v) is 9.67. The Bertz CT molecular complexity index is 742. The summed E-state index contributed by atoms with van der Waals surface area (Å²) >= 11 is 6.24. The lowest BCUT2D eigenvalue weighted by molar-refractivity contribution is -0.917. The van der Waals surface area contributed by atoms with Gasteiger partial charge in [0.1, 0.15) is 6.54 Å². The number of carbonyl (C=O) groups excluding carboxylic acids is 2. The zero-order chi connectivity index (χ0) is 18.3. The summed E-state index contributed by atoms with van der Waals surface area (Å²) in [6.45, 7) is 3.87. The van der Waals surface area contributed by atoms with Gasteiger partial charge in [0, 0.05) is 22.5 Å². The molecule has 0 aromatic heterocycles. The van der Waals surface area contributed by atoms with Gasteiger partial charge in [0.05, 0.1) is 32.1 Å². The number of benzene rings is 1. The quantitative estimate of drug-likeness (QED) is 0.739. The van der Waals surface area contributed by atoms with E-state index in [-0.39, 0.29) is 17.7 Å². The van der Waals surface area contributed by atoms with Gasteiger partial charge in [-0.25, -0.2) is 0 Å². The van der Waals surface area contributed by atoms with Gasteiger partial charge in [-0.15, -0.1) is 0 Å². The number of hydrogen-bond donors (Lipinski definition) is 1. The number of rotatable bonds is 4. The Morgan fingerprint density at radius 3 is 2.42 bits per heavy atom. The van der Waals surface area contributed by atoms with Gasteiger partial charge in [-0.2, -0.15) is 0 Å². The Balaban J connectivity index is 1.37. The average Bonchev–Trinajstić information content (AvgIpc) is 3.25. The van der Waals surface area contributed by atoms with E-state index >= 15 is 0 Å². The van der Waals surface area contributed by atoms with Crippen molar-refractivity contribution in [2.45, 2.75) is 13.0 Å². The smallest absolute Gasteiger partial charge is 0.227 e. The predicted octanol–water partition coefficient (Wildman–Crippen LogP) is -0.245. The van der Waals surface area contributed by atoms with Crippen molar-refractivity contribution in [2.24, 2.45) is 23.7 Å².